The summed E-state index contributed by atoms with van der Waals surface area (Å²) >= 11 is 0. The maximum Gasteiger partial charge on any atom is 0.250 e. The molecule has 0 fully saturated rings. The predicted octanol–water partition coefficient (Wildman–Crippen LogP) is 2.53. The molecule has 0 bridgehead atoms. The monoisotopic (exact) mass is 320 g/mol. The Morgan fingerprint density at radius 1 is 0.667 bits per heavy atom. The van der Waals surface area contributed by atoms with Gasteiger partial charge in [-0.1, -0.05) is 36.4 Å². The molecule has 0 unspecified atom stereocenters. The first-order valence-corrected chi connectivity index (χ1v) is 7.29. The van der Waals surface area contributed by atoms with Gasteiger partial charge in [0.05, 0.1) is 11.1 Å². The number of hydrogen-bond acceptors (Lipinski definition) is 2. The van der Waals surface area contributed by atoms with Gasteiger partial charge in [0.2, 0.25) is 0 Å². The molecule has 4 rings (SSSR count). The molecule has 6 heteroatoms. The highest BCUT2D eigenvalue weighted by Gasteiger charge is 2.07. The number of carbonyl (C=O) groups is 2. The molecule has 2 aromatic carbocycles. The number of primary amides is 2. The van der Waals surface area contributed by atoms with E-state index in [2.05, 4.69) is 9.97 Å². The summed E-state index contributed by atoms with van der Waals surface area (Å²) in [5, 5.41) is 1.76. The number of carbonyl (C=O) groups excluding carboxylic acids is 2. The van der Waals surface area contributed by atoms with Gasteiger partial charge in [-0.3, -0.25) is 9.59 Å². The van der Waals surface area contributed by atoms with Crippen molar-refractivity contribution in [1.82, 2.24) is 9.97 Å². The van der Waals surface area contributed by atoms with E-state index < -0.39 is 11.8 Å². The summed E-state index contributed by atoms with van der Waals surface area (Å²) in [5.41, 5.74) is 13.3. The lowest BCUT2D eigenvalue weighted by molar-refractivity contribution is 0.0993. The number of nitrogens with two attached hydrogens (primary N) is 2. The Bertz CT molecular complexity index is 946. The van der Waals surface area contributed by atoms with Crippen molar-refractivity contribution in [2.75, 3.05) is 0 Å². The number of aromatic nitrogens is 2. The van der Waals surface area contributed by atoms with E-state index in [9.17, 15) is 9.59 Å². The molecule has 2 aromatic heterocycles. The maximum absolute atomic E-state index is 10.9. The highest BCUT2D eigenvalue weighted by molar-refractivity contribution is 6.06. The van der Waals surface area contributed by atoms with Gasteiger partial charge in [0.15, 0.2) is 0 Å². The summed E-state index contributed by atoms with van der Waals surface area (Å²) in [6.45, 7) is 0. The zero-order chi connectivity index (χ0) is 17.1. The zero-order valence-electron chi connectivity index (χ0n) is 12.7. The van der Waals surface area contributed by atoms with Crippen LogP contribution in [0, 0.1) is 0 Å². The molecule has 0 spiro atoms. The quantitative estimate of drug-likeness (QED) is 0.454. The number of aromatic amines is 2. The first-order chi connectivity index (χ1) is 11.6. The van der Waals surface area contributed by atoms with Gasteiger partial charge in [0.1, 0.15) is 0 Å². The van der Waals surface area contributed by atoms with E-state index in [4.69, 9.17) is 11.5 Å². The Hall–Kier alpha value is -3.54. The molecule has 2 heterocycles. The lowest BCUT2D eigenvalue weighted by atomic mass is 10.2. The molecular formula is C18H16N4O2. The molecule has 6 N–H and O–H groups in total. The van der Waals surface area contributed by atoms with E-state index in [0.29, 0.717) is 11.1 Å². The fourth-order valence-corrected chi connectivity index (χ4v) is 2.55. The highest BCUT2D eigenvalue weighted by Crippen LogP contribution is 2.17. The second kappa shape index (κ2) is 6.29. The fourth-order valence-electron chi connectivity index (χ4n) is 2.55. The van der Waals surface area contributed by atoms with Crippen molar-refractivity contribution in [1.29, 1.82) is 0 Å². The SMILES string of the molecule is NC(=O)c1c[nH]c2ccccc12.NC(=O)c1c[nH]c2ccccc12. The van der Waals surface area contributed by atoms with E-state index in [-0.39, 0.29) is 0 Å². The van der Waals surface area contributed by atoms with E-state index in [1.807, 2.05) is 48.5 Å². The molecule has 6 nitrogen and oxygen atoms in total. The largest absolute Gasteiger partial charge is 0.366 e. The number of rotatable bonds is 2. The second-order valence-corrected chi connectivity index (χ2v) is 5.22. The second-order valence-electron chi connectivity index (χ2n) is 5.22. The van der Waals surface area contributed by atoms with Gasteiger partial charge >= 0.3 is 0 Å². The molecule has 4 aromatic rings. The summed E-state index contributed by atoms with van der Waals surface area (Å²) < 4.78 is 0. The summed E-state index contributed by atoms with van der Waals surface area (Å²) in [6.07, 6.45) is 3.26. The van der Waals surface area contributed by atoms with Crippen LogP contribution in [0.4, 0.5) is 0 Å². The Kier molecular flexibility index (Phi) is 4.03. The molecule has 0 atom stereocenters. The van der Waals surface area contributed by atoms with Gasteiger partial charge in [-0.25, -0.2) is 0 Å². The van der Waals surface area contributed by atoms with Crippen LogP contribution in [0.2, 0.25) is 0 Å². The molecule has 2 amide bonds. The summed E-state index contributed by atoms with van der Waals surface area (Å²) in [6, 6.07) is 15.1. The predicted molar refractivity (Wildman–Crippen MR) is 93.6 cm³/mol. The van der Waals surface area contributed by atoms with Crippen LogP contribution >= 0.6 is 0 Å². The molecular weight excluding hydrogens is 304 g/mol. The number of amides is 2. The van der Waals surface area contributed by atoms with Crippen molar-refractivity contribution in [3.63, 3.8) is 0 Å². The Balaban J connectivity index is 0.000000141. The number of fused-ring (bicyclic) bond motifs is 2. The van der Waals surface area contributed by atoms with E-state index in [1.165, 1.54) is 0 Å². The van der Waals surface area contributed by atoms with Crippen molar-refractivity contribution in [3.05, 3.63) is 72.1 Å². The lowest BCUT2D eigenvalue weighted by Crippen LogP contribution is -2.09. The van der Waals surface area contributed by atoms with Crippen LogP contribution in [0.3, 0.4) is 0 Å². The molecule has 0 radical (unpaired) electrons. The van der Waals surface area contributed by atoms with Crippen LogP contribution in [0.1, 0.15) is 20.7 Å². The van der Waals surface area contributed by atoms with Crippen molar-refractivity contribution < 1.29 is 9.59 Å². The summed E-state index contributed by atoms with van der Waals surface area (Å²) in [5.74, 6) is -0.792. The zero-order valence-corrected chi connectivity index (χ0v) is 12.7. The van der Waals surface area contributed by atoms with Crippen molar-refractivity contribution in [2.24, 2.45) is 11.5 Å². The minimum Gasteiger partial charge on any atom is -0.366 e. The van der Waals surface area contributed by atoms with Crippen molar-refractivity contribution in [2.45, 2.75) is 0 Å². The van der Waals surface area contributed by atoms with Gasteiger partial charge in [-0.15, -0.1) is 0 Å². The van der Waals surface area contributed by atoms with E-state index >= 15 is 0 Å². The van der Waals surface area contributed by atoms with Crippen LogP contribution in [0.15, 0.2) is 60.9 Å². The maximum atomic E-state index is 10.9. The van der Waals surface area contributed by atoms with Gasteiger partial charge in [0, 0.05) is 34.2 Å². The normalized spacial score (nSPS) is 10.3. The number of H-pyrrole nitrogens is 2. The van der Waals surface area contributed by atoms with Crippen LogP contribution in [0.5, 0.6) is 0 Å². The molecule has 24 heavy (non-hydrogen) atoms. The van der Waals surface area contributed by atoms with Crippen LogP contribution in [-0.4, -0.2) is 21.8 Å². The van der Waals surface area contributed by atoms with Gasteiger partial charge < -0.3 is 21.4 Å². The minimum absolute atomic E-state index is 0.396. The van der Waals surface area contributed by atoms with E-state index in [1.54, 1.807) is 12.4 Å². The number of para-hydroxylation sites is 2. The molecule has 0 aliphatic heterocycles. The third kappa shape index (κ3) is 2.85. The Morgan fingerprint density at radius 2 is 1.04 bits per heavy atom. The first-order valence-electron chi connectivity index (χ1n) is 7.29. The minimum atomic E-state index is -0.396. The summed E-state index contributed by atoms with van der Waals surface area (Å²) in [7, 11) is 0. The molecule has 0 aliphatic rings. The average molecular weight is 320 g/mol. The highest BCUT2D eigenvalue weighted by atomic mass is 16.1. The third-order valence-corrected chi connectivity index (χ3v) is 3.71. The number of benzene rings is 2. The average Bonchev–Trinajstić information content (AvgIpc) is 3.19. The van der Waals surface area contributed by atoms with E-state index in [0.717, 1.165) is 21.8 Å². The molecule has 0 aliphatic carbocycles. The van der Waals surface area contributed by atoms with Crippen LogP contribution in [0.25, 0.3) is 21.8 Å². The fraction of sp³-hybridized carbons (Fsp3) is 0. The van der Waals surface area contributed by atoms with Gasteiger partial charge in [-0.2, -0.15) is 0 Å². The molecule has 120 valence electrons. The molecule has 0 saturated heterocycles. The van der Waals surface area contributed by atoms with Gasteiger partial charge in [-0.05, 0) is 12.1 Å². The topological polar surface area (TPSA) is 118 Å². The van der Waals surface area contributed by atoms with Crippen LogP contribution < -0.4 is 11.5 Å². The number of hydrogen-bond donors (Lipinski definition) is 4. The summed E-state index contributed by atoms with van der Waals surface area (Å²) in [4.78, 5) is 27.7. The standard InChI is InChI=1S/2C9H8N2O/c2*10-9(12)7-5-11-8-4-2-1-3-6(7)8/h2*1-5,11H,(H2,10,12). The van der Waals surface area contributed by atoms with Crippen molar-refractivity contribution in [3.8, 4) is 0 Å². The first kappa shape index (κ1) is 15.4. The van der Waals surface area contributed by atoms with Crippen molar-refractivity contribution >= 4 is 33.6 Å². The lowest BCUT2D eigenvalue weighted by Gasteiger charge is -1.90. The number of nitrogens with one attached hydrogen (secondary N) is 2. The Labute approximate surface area is 137 Å². The van der Waals surface area contributed by atoms with Crippen LogP contribution in [-0.2, 0) is 0 Å². The third-order valence-electron chi connectivity index (χ3n) is 3.71. The molecule has 0 saturated carbocycles. The van der Waals surface area contributed by atoms with Gasteiger partial charge in [0.25, 0.3) is 11.8 Å². The smallest absolute Gasteiger partial charge is 0.250 e. The Morgan fingerprint density at radius 3 is 1.42 bits per heavy atom.